The minimum Gasteiger partial charge on any atom is -0.493 e. The molecule has 0 radical (unpaired) electrons. The van der Waals surface area contributed by atoms with Crippen LogP contribution in [0.3, 0.4) is 0 Å². The Hall–Kier alpha value is -3.02. The number of benzene rings is 2. The van der Waals surface area contributed by atoms with Crippen LogP contribution in [0.15, 0.2) is 42.5 Å². The molecule has 2 aromatic rings. The highest BCUT2D eigenvalue weighted by Crippen LogP contribution is 2.25. The summed E-state index contributed by atoms with van der Waals surface area (Å²) in [5.74, 6) is 0.137. The van der Waals surface area contributed by atoms with E-state index in [0.29, 0.717) is 17.1 Å². The Bertz CT molecular complexity index is 744. The molecule has 2 amide bonds. The van der Waals surface area contributed by atoms with Crippen molar-refractivity contribution in [2.75, 3.05) is 13.7 Å². The van der Waals surface area contributed by atoms with E-state index in [2.05, 4.69) is 10.9 Å². The fraction of sp³-hybridized carbons (Fsp3) is 0.222. The molecule has 6 nitrogen and oxygen atoms in total. The maximum atomic E-state index is 12.1. The molecule has 0 bridgehead atoms. The van der Waals surface area contributed by atoms with Crippen LogP contribution in [0.1, 0.15) is 21.5 Å². The fourth-order valence-electron chi connectivity index (χ4n) is 2.18. The van der Waals surface area contributed by atoms with Crippen LogP contribution in [0.25, 0.3) is 0 Å². The van der Waals surface area contributed by atoms with Gasteiger partial charge in [0.2, 0.25) is 0 Å². The van der Waals surface area contributed by atoms with Crippen LogP contribution in [-0.4, -0.2) is 25.5 Å². The zero-order valence-electron chi connectivity index (χ0n) is 13.9. The van der Waals surface area contributed by atoms with Gasteiger partial charge >= 0.3 is 0 Å². The van der Waals surface area contributed by atoms with Crippen molar-refractivity contribution in [1.29, 1.82) is 0 Å². The van der Waals surface area contributed by atoms with Gasteiger partial charge in [-0.3, -0.25) is 20.4 Å². The lowest BCUT2D eigenvalue weighted by atomic mass is 10.1. The van der Waals surface area contributed by atoms with E-state index in [1.807, 2.05) is 26.0 Å². The van der Waals surface area contributed by atoms with Crippen molar-refractivity contribution in [3.63, 3.8) is 0 Å². The first kappa shape index (κ1) is 17.3. The third-order valence-electron chi connectivity index (χ3n) is 3.37. The predicted octanol–water partition coefficient (Wildman–Crippen LogP) is 2.15. The number of para-hydroxylation sites is 2. The molecule has 0 fully saturated rings. The second-order valence-corrected chi connectivity index (χ2v) is 5.26. The molecule has 0 saturated heterocycles. The van der Waals surface area contributed by atoms with Crippen molar-refractivity contribution >= 4 is 11.8 Å². The molecule has 2 N–H and O–H groups in total. The van der Waals surface area contributed by atoms with Crippen LogP contribution in [0.4, 0.5) is 0 Å². The molecule has 2 aromatic carbocycles. The summed E-state index contributed by atoms with van der Waals surface area (Å²) in [6.07, 6.45) is 0. The molecule has 2 rings (SSSR count). The number of nitrogens with one attached hydrogen (secondary N) is 2. The first-order valence-corrected chi connectivity index (χ1v) is 7.43. The second-order valence-electron chi connectivity index (χ2n) is 5.26. The molecule has 0 aliphatic carbocycles. The molecule has 0 spiro atoms. The normalized spacial score (nSPS) is 9.96. The van der Waals surface area contributed by atoms with Crippen molar-refractivity contribution in [3.8, 4) is 11.5 Å². The van der Waals surface area contributed by atoms with Gasteiger partial charge in [0.25, 0.3) is 11.8 Å². The SMILES string of the molecule is COc1ccccc1OCC(=O)NNC(=O)c1ccc(C)cc1C. The van der Waals surface area contributed by atoms with Gasteiger partial charge in [0.15, 0.2) is 18.1 Å². The van der Waals surface area contributed by atoms with Crippen LogP contribution < -0.4 is 20.3 Å². The van der Waals surface area contributed by atoms with Crippen molar-refractivity contribution in [2.45, 2.75) is 13.8 Å². The highest BCUT2D eigenvalue weighted by atomic mass is 16.5. The third-order valence-corrected chi connectivity index (χ3v) is 3.37. The van der Waals surface area contributed by atoms with E-state index in [-0.39, 0.29) is 12.5 Å². The average molecular weight is 328 g/mol. The fourth-order valence-corrected chi connectivity index (χ4v) is 2.18. The smallest absolute Gasteiger partial charge is 0.276 e. The lowest BCUT2D eigenvalue weighted by molar-refractivity contribution is -0.123. The number of rotatable bonds is 5. The number of ether oxygens (including phenoxy) is 2. The molecule has 24 heavy (non-hydrogen) atoms. The highest BCUT2D eigenvalue weighted by Gasteiger charge is 2.11. The van der Waals surface area contributed by atoms with E-state index in [4.69, 9.17) is 9.47 Å². The molecule has 126 valence electrons. The van der Waals surface area contributed by atoms with Crippen LogP contribution >= 0.6 is 0 Å². The molecule has 0 aliphatic rings. The second kappa shape index (κ2) is 8.01. The standard InChI is InChI=1S/C18H20N2O4/c1-12-8-9-14(13(2)10-12)18(22)20-19-17(21)11-24-16-7-5-4-6-15(16)23-3/h4-10H,11H2,1-3H3,(H,19,21)(H,20,22). The number of carbonyl (C=O) groups excluding carboxylic acids is 2. The average Bonchev–Trinajstić information content (AvgIpc) is 2.58. The zero-order chi connectivity index (χ0) is 17.5. The molecule has 0 saturated carbocycles. The topological polar surface area (TPSA) is 76.7 Å². The maximum Gasteiger partial charge on any atom is 0.276 e. The van der Waals surface area contributed by atoms with Crippen molar-refractivity contribution < 1.29 is 19.1 Å². The molecule has 0 aromatic heterocycles. The van der Waals surface area contributed by atoms with Crippen molar-refractivity contribution in [1.82, 2.24) is 10.9 Å². The Kier molecular flexibility index (Phi) is 5.78. The molecule has 0 atom stereocenters. The molecular formula is C18H20N2O4. The van der Waals surface area contributed by atoms with Crippen molar-refractivity contribution in [2.24, 2.45) is 0 Å². The minimum absolute atomic E-state index is 0.243. The van der Waals surface area contributed by atoms with Gasteiger partial charge in [-0.25, -0.2) is 0 Å². The Morgan fingerprint density at radius 2 is 1.71 bits per heavy atom. The Morgan fingerprint density at radius 1 is 1.00 bits per heavy atom. The summed E-state index contributed by atoms with van der Waals surface area (Å²) in [6, 6.07) is 12.5. The van der Waals surface area contributed by atoms with Gasteiger partial charge in [0.1, 0.15) is 0 Å². The van der Waals surface area contributed by atoms with Gasteiger partial charge in [-0.2, -0.15) is 0 Å². The lowest BCUT2D eigenvalue weighted by Crippen LogP contribution is -2.44. The summed E-state index contributed by atoms with van der Waals surface area (Å²) in [4.78, 5) is 23.9. The zero-order valence-corrected chi connectivity index (χ0v) is 13.9. The first-order valence-electron chi connectivity index (χ1n) is 7.43. The Labute approximate surface area is 140 Å². The van der Waals surface area contributed by atoms with Crippen LogP contribution in [0.2, 0.25) is 0 Å². The van der Waals surface area contributed by atoms with Gasteiger partial charge < -0.3 is 9.47 Å². The molecule has 6 heteroatoms. The van der Waals surface area contributed by atoms with E-state index >= 15 is 0 Å². The largest absolute Gasteiger partial charge is 0.493 e. The van der Waals surface area contributed by atoms with E-state index in [0.717, 1.165) is 11.1 Å². The van der Waals surface area contributed by atoms with Crippen LogP contribution in [0.5, 0.6) is 11.5 Å². The monoisotopic (exact) mass is 328 g/mol. The summed E-state index contributed by atoms with van der Waals surface area (Å²) in [5, 5.41) is 0. The van der Waals surface area contributed by atoms with Gasteiger partial charge in [-0.05, 0) is 37.6 Å². The van der Waals surface area contributed by atoms with Gasteiger partial charge in [-0.15, -0.1) is 0 Å². The summed E-state index contributed by atoms with van der Waals surface area (Å²) < 4.78 is 10.5. The minimum atomic E-state index is -0.473. The number of hydrogen-bond acceptors (Lipinski definition) is 4. The molecule has 0 aliphatic heterocycles. The van der Waals surface area contributed by atoms with Crippen molar-refractivity contribution in [3.05, 3.63) is 59.2 Å². The molecule has 0 heterocycles. The first-order chi connectivity index (χ1) is 11.5. The number of methoxy groups -OCH3 is 1. The number of hydrogen-bond donors (Lipinski definition) is 2. The number of hydrazine groups is 1. The lowest BCUT2D eigenvalue weighted by Gasteiger charge is -2.12. The number of aryl methyl sites for hydroxylation is 2. The highest BCUT2D eigenvalue weighted by molar-refractivity contribution is 5.96. The van der Waals surface area contributed by atoms with E-state index < -0.39 is 5.91 Å². The Morgan fingerprint density at radius 3 is 2.38 bits per heavy atom. The summed E-state index contributed by atoms with van der Waals surface area (Å²) in [7, 11) is 1.52. The summed E-state index contributed by atoms with van der Waals surface area (Å²) in [6.45, 7) is 3.55. The van der Waals surface area contributed by atoms with Gasteiger partial charge in [-0.1, -0.05) is 29.8 Å². The molecular weight excluding hydrogens is 308 g/mol. The predicted molar refractivity (Wildman–Crippen MR) is 90.0 cm³/mol. The van der Waals surface area contributed by atoms with Gasteiger partial charge in [0.05, 0.1) is 7.11 Å². The van der Waals surface area contributed by atoms with E-state index in [9.17, 15) is 9.59 Å². The van der Waals surface area contributed by atoms with E-state index in [1.165, 1.54) is 7.11 Å². The quantitative estimate of drug-likeness (QED) is 0.825. The van der Waals surface area contributed by atoms with E-state index in [1.54, 1.807) is 30.3 Å². The summed E-state index contributed by atoms with van der Waals surface area (Å²) >= 11 is 0. The maximum absolute atomic E-state index is 12.1. The number of carbonyl (C=O) groups is 2. The Balaban J connectivity index is 1.85. The van der Waals surface area contributed by atoms with Crippen LogP contribution in [-0.2, 0) is 4.79 Å². The summed E-state index contributed by atoms with van der Waals surface area (Å²) in [5.41, 5.74) is 7.11. The number of amides is 2. The molecule has 0 unspecified atom stereocenters. The third kappa shape index (κ3) is 4.49. The van der Waals surface area contributed by atoms with Crippen LogP contribution in [0, 0.1) is 13.8 Å². The van der Waals surface area contributed by atoms with Gasteiger partial charge in [0, 0.05) is 5.56 Å².